The molecule has 0 heterocycles. The van der Waals surface area contributed by atoms with Gasteiger partial charge < -0.3 is 15.2 Å². The Hall–Kier alpha value is -1.40. The van der Waals surface area contributed by atoms with Crippen LogP contribution in [0.2, 0.25) is 0 Å². The van der Waals surface area contributed by atoms with Gasteiger partial charge in [-0.15, -0.1) is 0 Å². The lowest BCUT2D eigenvalue weighted by Crippen LogP contribution is -2.55. The van der Waals surface area contributed by atoms with E-state index in [1.807, 2.05) is 13.8 Å². The van der Waals surface area contributed by atoms with Gasteiger partial charge in [-0.3, -0.25) is 0 Å². The van der Waals surface area contributed by atoms with Crippen LogP contribution < -0.4 is 5.32 Å². The third-order valence-electron chi connectivity index (χ3n) is 3.79. The molecule has 2 N–H and O–H groups in total. The second-order valence-electron chi connectivity index (χ2n) is 7.70. The van der Waals surface area contributed by atoms with Crippen LogP contribution in [0.1, 0.15) is 53.9 Å². The molecular formula is C15H25F2NO4. The van der Waals surface area contributed by atoms with Gasteiger partial charge in [-0.2, -0.15) is 0 Å². The van der Waals surface area contributed by atoms with E-state index in [0.29, 0.717) is 6.42 Å². The lowest BCUT2D eigenvalue weighted by atomic mass is 9.68. The highest BCUT2D eigenvalue weighted by molar-refractivity contribution is 5.80. The average molecular weight is 321 g/mol. The van der Waals surface area contributed by atoms with Gasteiger partial charge in [0, 0.05) is 6.42 Å². The van der Waals surface area contributed by atoms with E-state index in [1.54, 1.807) is 20.8 Å². The minimum Gasteiger partial charge on any atom is -0.480 e. The number of hydrogen-bond donors (Lipinski definition) is 2. The highest BCUT2D eigenvalue weighted by Gasteiger charge is 2.53. The molecule has 0 spiro atoms. The van der Waals surface area contributed by atoms with Crippen molar-refractivity contribution in [1.82, 2.24) is 5.32 Å². The zero-order chi connectivity index (χ0) is 17.3. The molecule has 0 aromatic heterocycles. The summed E-state index contributed by atoms with van der Waals surface area (Å²) in [6, 6.07) is -1.68. The molecular weight excluding hydrogens is 296 g/mol. The first-order valence-corrected chi connectivity index (χ1v) is 7.34. The van der Waals surface area contributed by atoms with Crippen LogP contribution in [0.4, 0.5) is 13.6 Å². The van der Waals surface area contributed by atoms with Crippen molar-refractivity contribution in [1.29, 1.82) is 0 Å². The summed E-state index contributed by atoms with van der Waals surface area (Å²) >= 11 is 0. The Morgan fingerprint density at radius 1 is 1.27 bits per heavy atom. The molecule has 1 rings (SSSR count). The van der Waals surface area contributed by atoms with E-state index < -0.39 is 41.0 Å². The Labute approximate surface area is 129 Å². The summed E-state index contributed by atoms with van der Waals surface area (Å²) in [5.41, 5.74) is -1.23. The van der Waals surface area contributed by atoms with Crippen molar-refractivity contribution in [2.45, 2.75) is 71.4 Å². The van der Waals surface area contributed by atoms with Gasteiger partial charge in [0.1, 0.15) is 11.6 Å². The highest BCUT2D eigenvalue weighted by atomic mass is 19.3. The molecule has 7 heteroatoms. The number of alkyl halides is 2. The Balaban J connectivity index is 2.93. The Bertz CT molecular complexity index is 443. The maximum atomic E-state index is 14.2. The van der Waals surface area contributed by atoms with Gasteiger partial charge >= 0.3 is 12.1 Å². The summed E-state index contributed by atoms with van der Waals surface area (Å²) < 4.78 is 33.3. The van der Waals surface area contributed by atoms with Crippen LogP contribution >= 0.6 is 0 Å². The van der Waals surface area contributed by atoms with E-state index in [2.05, 4.69) is 5.32 Å². The standard InChI is InChI=1S/C15H25F2NO4/c1-13(2,3)22-12(21)18-10(11(19)20)9-8-14(4,5)6-7-15(9,16)17/h9-10H,6-8H2,1-5H3,(H,18,21)(H,19,20)/t9-,10-/m0/s1. The van der Waals surface area contributed by atoms with E-state index in [0.717, 1.165) is 0 Å². The van der Waals surface area contributed by atoms with Crippen LogP contribution in [0, 0.1) is 11.3 Å². The third-order valence-corrected chi connectivity index (χ3v) is 3.79. The van der Waals surface area contributed by atoms with Crippen LogP contribution in [-0.4, -0.2) is 34.7 Å². The maximum absolute atomic E-state index is 14.2. The first-order valence-electron chi connectivity index (χ1n) is 7.34. The lowest BCUT2D eigenvalue weighted by molar-refractivity contribution is -0.157. The molecule has 0 bridgehead atoms. The van der Waals surface area contributed by atoms with Crippen molar-refractivity contribution >= 4 is 12.1 Å². The van der Waals surface area contributed by atoms with Gasteiger partial charge in [0.2, 0.25) is 0 Å². The van der Waals surface area contributed by atoms with Crippen LogP contribution in [0.15, 0.2) is 0 Å². The molecule has 0 saturated heterocycles. The van der Waals surface area contributed by atoms with Gasteiger partial charge in [0.25, 0.3) is 5.92 Å². The van der Waals surface area contributed by atoms with Crippen LogP contribution in [0.25, 0.3) is 0 Å². The number of amides is 1. The number of carboxylic acid groups (broad SMARTS) is 1. The quantitative estimate of drug-likeness (QED) is 0.835. The van der Waals surface area contributed by atoms with Crippen molar-refractivity contribution in [3.8, 4) is 0 Å². The second-order valence-corrected chi connectivity index (χ2v) is 7.70. The number of ether oxygens (including phenoxy) is 1. The fraction of sp³-hybridized carbons (Fsp3) is 0.867. The highest BCUT2D eigenvalue weighted by Crippen LogP contribution is 2.48. The van der Waals surface area contributed by atoms with E-state index in [9.17, 15) is 23.5 Å². The summed E-state index contributed by atoms with van der Waals surface area (Å²) in [5.74, 6) is -6.07. The topological polar surface area (TPSA) is 75.6 Å². The normalized spacial score (nSPS) is 25.1. The lowest BCUT2D eigenvalue weighted by Gasteiger charge is -2.42. The minimum atomic E-state index is -3.13. The molecule has 0 aromatic carbocycles. The number of halogens is 2. The second kappa shape index (κ2) is 6.01. The SMILES string of the molecule is CC1(C)CCC(F)(F)[C@H]([C@H](NC(=O)OC(C)(C)C)C(=O)O)C1. The fourth-order valence-corrected chi connectivity index (χ4v) is 2.67. The number of carbonyl (C=O) groups is 2. The minimum absolute atomic E-state index is 0.0206. The van der Waals surface area contributed by atoms with Crippen molar-refractivity contribution < 1.29 is 28.2 Å². The summed E-state index contributed by atoms with van der Waals surface area (Å²) in [5, 5.41) is 11.4. The molecule has 1 saturated carbocycles. The van der Waals surface area contributed by atoms with E-state index >= 15 is 0 Å². The Morgan fingerprint density at radius 2 is 1.82 bits per heavy atom. The molecule has 0 aromatic rings. The molecule has 22 heavy (non-hydrogen) atoms. The molecule has 5 nitrogen and oxygen atoms in total. The molecule has 2 atom stereocenters. The zero-order valence-corrected chi connectivity index (χ0v) is 13.7. The summed E-state index contributed by atoms with van der Waals surface area (Å²) in [7, 11) is 0. The van der Waals surface area contributed by atoms with Crippen LogP contribution in [0.3, 0.4) is 0 Å². The largest absolute Gasteiger partial charge is 0.480 e. The Kier molecular flexibility index (Phi) is 5.09. The van der Waals surface area contributed by atoms with Crippen LogP contribution in [0.5, 0.6) is 0 Å². The first kappa shape index (κ1) is 18.6. The number of aliphatic carboxylic acids is 1. The number of rotatable bonds is 3. The molecule has 0 unspecified atom stereocenters. The molecule has 1 aliphatic rings. The van der Waals surface area contributed by atoms with E-state index in [4.69, 9.17) is 4.74 Å². The molecule has 1 aliphatic carbocycles. The Morgan fingerprint density at radius 3 is 2.27 bits per heavy atom. The first-order chi connectivity index (χ1) is 9.73. The average Bonchev–Trinajstić information content (AvgIpc) is 2.27. The van der Waals surface area contributed by atoms with Crippen LogP contribution in [-0.2, 0) is 9.53 Å². The number of carbonyl (C=O) groups excluding carboxylic acids is 1. The number of nitrogens with one attached hydrogen (secondary N) is 1. The number of carboxylic acids is 1. The van der Waals surface area contributed by atoms with E-state index in [-0.39, 0.29) is 12.8 Å². The molecule has 128 valence electrons. The predicted octanol–water partition coefficient (Wildman–Crippen LogP) is 3.43. The van der Waals surface area contributed by atoms with Gasteiger partial charge in [0.15, 0.2) is 0 Å². The smallest absolute Gasteiger partial charge is 0.408 e. The molecule has 1 fully saturated rings. The van der Waals surface area contributed by atoms with Gasteiger partial charge in [-0.05, 0) is 39.0 Å². The summed E-state index contributed by atoms with van der Waals surface area (Å²) in [6.45, 7) is 8.48. The van der Waals surface area contributed by atoms with Gasteiger partial charge in [-0.1, -0.05) is 13.8 Å². The zero-order valence-electron chi connectivity index (χ0n) is 13.7. The number of alkyl carbamates (subject to hydrolysis) is 1. The molecule has 0 radical (unpaired) electrons. The molecule has 1 amide bonds. The van der Waals surface area contributed by atoms with E-state index in [1.165, 1.54) is 0 Å². The van der Waals surface area contributed by atoms with Crippen molar-refractivity contribution in [3.63, 3.8) is 0 Å². The van der Waals surface area contributed by atoms with Crippen molar-refractivity contribution in [3.05, 3.63) is 0 Å². The molecule has 0 aliphatic heterocycles. The number of hydrogen-bond acceptors (Lipinski definition) is 3. The fourth-order valence-electron chi connectivity index (χ4n) is 2.67. The third kappa shape index (κ3) is 5.10. The van der Waals surface area contributed by atoms with Crippen molar-refractivity contribution in [2.75, 3.05) is 0 Å². The maximum Gasteiger partial charge on any atom is 0.408 e. The predicted molar refractivity (Wildman–Crippen MR) is 76.9 cm³/mol. The summed E-state index contributed by atoms with van der Waals surface area (Å²) in [6.07, 6.45) is -1.05. The summed E-state index contributed by atoms with van der Waals surface area (Å²) in [4.78, 5) is 23.1. The van der Waals surface area contributed by atoms with Gasteiger partial charge in [-0.25, -0.2) is 18.4 Å². The van der Waals surface area contributed by atoms with Gasteiger partial charge in [0.05, 0.1) is 5.92 Å². The van der Waals surface area contributed by atoms with Crippen molar-refractivity contribution in [2.24, 2.45) is 11.3 Å². The monoisotopic (exact) mass is 321 g/mol.